The van der Waals surface area contributed by atoms with Gasteiger partial charge in [0.1, 0.15) is 21.9 Å². The molecule has 1 aromatic carbocycles. The smallest absolute Gasteiger partial charge is 0.149 e. The minimum atomic E-state index is -0.401. The predicted octanol–water partition coefficient (Wildman–Crippen LogP) is 4.89. The number of rotatable bonds is 2. The van der Waals surface area contributed by atoms with Crippen LogP contribution in [-0.4, -0.2) is 9.97 Å². The van der Waals surface area contributed by atoms with Crippen LogP contribution in [-0.2, 0) is 0 Å². The molecule has 0 saturated heterocycles. The van der Waals surface area contributed by atoms with Crippen LogP contribution in [0.25, 0.3) is 11.1 Å². The van der Waals surface area contributed by atoms with Crippen molar-refractivity contribution in [2.24, 2.45) is 0 Å². The average Bonchev–Trinajstić information content (AvgIpc) is 2.27. The molecule has 0 aliphatic rings. The lowest BCUT2D eigenvalue weighted by molar-refractivity contribution is 0.628. The molecule has 0 fully saturated rings. The van der Waals surface area contributed by atoms with Crippen molar-refractivity contribution < 1.29 is 4.39 Å². The van der Waals surface area contributed by atoms with Gasteiger partial charge in [-0.3, -0.25) is 0 Å². The first-order valence-electron chi connectivity index (χ1n) is 5.12. The molecule has 6 heteroatoms. The van der Waals surface area contributed by atoms with E-state index in [2.05, 4.69) is 9.97 Å². The Hall–Kier alpha value is -0.900. The Morgan fingerprint density at radius 3 is 2.28 bits per heavy atom. The Morgan fingerprint density at radius 1 is 1.17 bits per heavy atom. The molecule has 1 atom stereocenters. The zero-order chi connectivity index (χ0) is 13.3. The molecule has 0 saturated carbocycles. The van der Waals surface area contributed by atoms with Crippen LogP contribution in [0, 0.1) is 5.82 Å². The fourth-order valence-electron chi connectivity index (χ4n) is 1.48. The van der Waals surface area contributed by atoms with E-state index in [-0.39, 0.29) is 16.1 Å². The largest absolute Gasteiger partial charge is 0.219 e. The van der Waals surface area contributed by atoms with Crippen molar-refractivity contribution in [3.05, 3.63) is 46.2 Å². The van der Waals surface area contributed by atoms with Gasteiger partial charge in [0.2, 0.25) is 0 Å². The molecule has 1 aromatic heterocycles. The molecular weight excluding hydrogens is 298 g/mol. The molecule has 94 valence electrons. The Morgan fingerprint density at radius 2 is 1.78 bits per heavy atom. The number of aromatic nitrogens is 2. The van der Waals surface area contributed by atoms with Crippen molar-refractivity contribution in [3.8, 4) is 11.1 Å². The zero-order valence-corrected chi connectivity index (χ0v) is 11.6. The summed E-state index contributed by atoms with van der Waals surface area (Å²) in [4.78, 5) is 8.11. The molecule has 2 aromatic rings. The minimum Gasteiger partial charge on any atom is -0.219 e. The lowest BCUT2D eigenvalue weighted by atomic mass is 10.1. The van der Waals surface area contributed by atoms with Crippen molar-refractivity contribution in [2.45, 2.75) is 12.3 Å². The fraction of sp³-hybridized carbons (Fsp3) is 0.167. The second kappa shape index (κ2) is 5.39. The Bertz CT molecular complexity index is 564. The van der Waals surface area contributed by atoms with Crippen LogP contribution >= 0.6 is 34.8 Å². The number of benzene rings is 1. The second-order valence-corrected chi connectivity index (χ2v) is 5.04. The lowest BCUT2D eigenvalue weighted by Crippen LogP contribution is -1.99. The van der Waals surface area contributed by atoms with E-state index in [0.29, 0.717) is 17.0 Å². The molecule has 0 radical (unpaired) electrons. The predicted molar refractivity (Wildman–Crippen MR) is 71.7 cm³/mol. The number of alkyl halides is 1. The fourth-order valence-corrected chi connectivity index (χ4v) is 2.20. The standard InChI is InChI=1S/C12H8Cl3FN2/c1-6(13)12-17-10(14)9(11(15)18-12)7-3-2-4-8(16)5-7/h2-6H,1H3. The van der Waals surface area contributed by atoms with E-state index in [0.717, 1.165) is 0 Å². The third kappa shape index (κ3) is 2.74. The van der Waals surface area contributed by atoms with Crippen LogP contribution in [0.1, 0.15) is 18.1 Å². The zero-order valence-electron chi connectivity index (χ0n) is 9.29. The first-order chi connectivity index (χ1) is 8.49. The highest BCUT2D eigenvalue weighted by molar-refractivity contribution is 6.37. The number of hydrogen-bond donors (Lipinski definition) is 0. The average molecular weight is 306 g/mol. The molecule has 2 nitrogen and oxygen atoms in total. The van der Waals surface area contributed by atoms with E-state index >= 15 is 0 Å². The van der Waals surface area contributed by atoms with Gasteiger partial charge in [0.05, 0.1) is 10.9 Å². The molecule has 0 aliphatic carbocycles. The van der Waals surface area contributed by atoms with Crippen molar-refractivity contribution in [1.29, 1.82) is 0 Å². The molecule has 1 heterocycles. The van der Waals surface area contributed by atoms with Gasteiger partial charge in [0.25, 0.3) is 0 Å². The third-order valence-corrected chi connectivity index (χ3v) is 3.05. The van der Waals surface area contributed by atoms with Crippen molar-refractivity contribution in [2.75, 3.05) is 0 Å². The maximum Gasteiger partial charge on any atom is 0.149 e. The maximum absolute atomic E-state index is 13.2. The van der Waals surface area contributed by atoms with Crippen LogP contribution in [0.2, 0.25) is 10.3 Å². The van der Waals surface area contributed by atoms with Gasteiger partial charge in [-0.15, -0.1) is 11.6 Å². The molecule has 0 amide bonds. The highest BCUT2D eigenvalue weighted by atomic mass is 35.5. The van der Waals surface area contributed by atoms with Crippen LogP contribution in [0.15, 0.2) is 24.3 Å². The number of hydrogen-bond acceptors (Lipinski definition) is 2. The van der Waals surface area contributed by atoms with E-state index in [1.54, 1.807) is 19.1 Å². The van der Waals surface area contributed by atoms with Crippen LogP contribution in [0.4, 0.5) is 4.39 Å². The van der Waals surface area contributed by atoms with Crippen molar-refractivity contribution in [1.82, 2.24) is 9.97 Å². The summed E-state index contributed by atoms with van der Waals surface area (Å²) in [6.07, 6.45) is 0. The van der Waals surface area contributed by atoms with Gasteiger partial charge in [-0.05, 0) is 24.6 Å². The third-order valence-electron chi connectivity index (χ3n) is 2.31. The molecule has 0 aliphatic heterocycles. The maximum atomic E-state index is 13.2. The van der Waals surface area contributed by atoms with Crippen LogP contribution in [0.3, 0.4) is 0 Å². The Labute approximate surface area is 119 Å². The van der Waals surface area contributed by atoms with Crippen LogP contribution < -0.4 is 0 Å². The normalized spacial score (nSPS) is 12.5. The molecule has 0 bridgehead atoms. The molecule has 0 spiro atoms. The summed E-state index contributed by atoms with van der Waals surface area (Å²) in [6, 6.07) is 5.90. The van der Waals surface area contributed by atoms with Crippen LogP contribution in [0.5, 0.6) is 0 Å². The SMILES string of the molecule is CC(Cl)c1nc(Cl)c(-c2cccc(F)c2)c(Cl)n1. The van der Waals surface area contributed by atoms with Crippen molar-refractivity contribution in [3.63, 3.8) is 0 Å². The van der Waals surface area contributed by atoms with Gasteiger partial charge in [0, 0.05) is 0 Å². The molecule has 2 rings (SSSR count). The first kappa shape index (κ1) is 13.5. The second-order valence-electron chi connectivity index (χ2n) is 3.66. The minimum absolute atomic E-state index is 0.156. The van der Waals surface area contributed by atoms with E-state index in [1.165, 1.54) is 12.1 Å². The number of nitrogens with zero attached hydrogens (tertiary/aromatic N) is 2. The van der Waals surface area contributed by atoms with Gasteiger partial charge in [-0.2, -0.15) is 0 Å². The summed E-state index contributed by atoms with van der Waals surface area (Å²) in [7, 11) is 0. The summed E-state index contributed by atoms with van der Waals surface area (Å²) in [6.45, 7) is 1.71. The molecule has 1 unspecified atom stereocenters. The first-order valence-corrected chi connectivity index (χ1v) is 6.31. The van der Waals surface area contributed by atoms with Gasteiger partial charge >= 0.3 is 0 Å². The highest BCUT2D eigenvalue weighted by Gasteiger charge is 2.16. The van der Waals surface area contributed by atoms with E-state index < -0.39 is 5.38 Å². The topological polar surface area (TPSA) is 25.8 Å². The lowest BCUT2D eigenvalue weighted by Gasteiger charge is -2.09. The summed E-state index contributed by atoms with van der Waals surface area (Å²) >= 11 is 18.0. The van der Waals surface area contributed by atoms with Gasteiger partial charge in [0.15, 0.2) is 0 Å². The Balaban J connectivity index is 2.59. The highest BCUT2D eigenvalue weighted by Crippen LogP contribution is 2.34. The van der Waals surface area contributed by atoms with E-state index in [4.69, 9.17) is 34.8 Å². The molecular formula is C12H8Cl3FN2. The molecule has 0 N–H and O–H groups in total. The summed E-state index contributed by atoms with van der Waals surface area (Å²) in [5.74, 6) is -0.0405. The van der Waals surface area contributed by atoms with Crippen molar-refractivity contribution >= 4 is 34.8 Å². The van der Waals surface area contributed by atoms with Gasteiger partial charge in [-0.1, -0.05) is 35.3 Å². The quantitative estimate of drug-likeness (QED) is 0.583. The van der Waals surface area contributed by atoms with E-state index in [9.17, 15) is 4.39 Å². The van der Waals surface area contributed by atoms with Gasteiger partial charge in [-0.25, -0.2) is 14.4 Å². The Kier molecular flexibility index (Phi) is 4.05. The monoisotopic (exact) mass is 304 g/mol. The molecule has 18 heavy (non-hydrogen) atoms. The summed E-state index contributed by atoms with van der Waals surface area (Å²) in [5.41, 5.74) is 0.928. The number of halogens is 4. The van der Waals surface area contributed by atoms with E-state index in [1.807, 2.05) is 0 Å². The van der Waals surface area contributed by atoms with Gasteiger partial charge < -0.3 is 0 Å². The summed E-state index contributed by atoms with van der Waals surface area (Å²) in [5, 5.41) is -0.0900. The summed E-state index contributed by atoms with van der Waals surface area (Å²) < 4.78 is 13.2.